The Labute approximate surface area is 189 Å². The first kappa shape index (κ1) is 22.6. The number of hydrogen-bond acceptors (Lipinski definition) is 11. The SMILES string of the molecule is O=C([O-])c1cc(=O)c2cc(OCC(O)COc3cccc4oc(C(=O)[O-])cc(=O)c34)ccc2o1. The summed E-state index contributed by atoms with van der Waals surface area (Å²) in [6, 6.07) is 9.99. The van der Waals surface area contributed by atoms with Crippen molar-refractivity contribution in [3.8, 4) is 11.5 Å². The number of carboxylic acid groups (broad SMARTS) is 2. The van der Waals surface area contributed by atoms with E-state index in [1.54, 1.807) is 0 Å². The number of aliphatic hydroxyl groups is 1. The van der Waals surface area contributed by atoms with Crippen LogP contribution in [0.25, 0.3) is 21.9 Å². The summed E-state index contributed by atoms with van der Waals surface area (Å²) in [5.74, 6) is -4.20. The smallest absolute Gasteiger partial charge is 0.197 e. The minimum absolute atomic E-state index is 0.00203. The number of benzene rings is 2. The van der Waals surface area contributed by atoms with E-state index in [4.69, 9.17) is 18.3 Å². The highest BCUT2D eigenvalue weighted by Gasteiger charge is 2.14. The number of carbonyl (C=O) groups excluding carboxylic acids is 2. The third kappa shape index (κ3) is 4.59. The molecule has 0 fully saturated rings. The lowest BCUT2D eigenvalue weighted by atomic mass is 10.2. The molecule has 2 aromatic heterocycles. The highest BCUT2D eigenvalue weighted by atomic mass is 16.5. The standard InChI is InChI=1S/C23H16O11/c24-11(9-31-12-4-5-16-13(6-12)14(25)7-19(33-16)22(27)28)10-32-17-2-1-3-18-21(17)15(26)8-20(34-18)23(29)30/h1-8,11,24H,9-10H2,(H,27,28)(H,29,30)/p-2. The van der Waals surface area contributed by atoms with Crippen molar-refractivity contribution in [1.29, 1.82) is 0 Å². The number of hydrogen-bond donors (Lipinski definition) is 1. The largest absolute Gasteiger partial charge is 0.542 e. The molecule has 0 spiro atoms. The molecule has 174 valence electrons. The Morgan fingerprint density at radius 2 is 1.50 bits per heavy atom. The maximum atomic E-state index is 12.3. The second kappa shape index (κ2) is 9.08. The predicted octanol–water partition coefficient (Wildman–Crippen LogP) is -0.555. The molecular formula is C23H14O11-2. The van der Waals surface area contributed by atoms with Crippen LogP contribution in [0.1, 0.15) is 21.1 Å². The van der Waals surface area contributed by atoms with Crippen molar-refractivity contribution < 1.29 is 43.2 Å². The lowest BCUT2D eigenvalue weighted by Gasteiger charge is -2.15. The lowest BCUT2D eigenvalue weighted by Crippen LogP contribution is -2.26. The second-order valence-corrected chi connectivity index (χ2v) is 7.09. The monoisotopic (exact) mass is 466 g/mol. The maximum absolute atomic E-state index is 12.3. The van der Waals surface area contributed by atoms with Crippen LogP contribution in [0.15, 0.2) is 67.0 Å². The maximum Gasteiger partial charge on any atom is 0.197 e. The van der Waals surface area contributed by atoms with Crippen molar-refractivity contribution in [3.05, 3.63) is 80.5 Å². The van der Waals surface area contributed by atoms with Gasteiger partial charge in [-0.15, -0.1) is 0 Å². The zero-order valence-electron chi connectivity index (χ0n) is 17.1. The van der Waals surface area contributed by atoms with E-state index in [0.717, 1.165) is 12.1 Å². The highest BCUT2D eigenvalue weighted by Crippen LogP contribution is 2.24. The zero-order valence-corrected chi connectivity index (χ0v) is 17.1. The number of aliphatic hydroxyl groups excluding tert-OH is 1. The second-order valence-electron chi connectivity index (χ2n) is 7.09. The van der Waals surface area contributed by atoms with Crippen LogP contribution in [-0.4, -0.2) is 36.4 Å². The molecule has 11 nitrogen and oxygen atoms in total. The van der Waals surface area contributed by atoms with Crippen LogP contribution in [0.5, 0.6) is 11.5 Å². The molecule has 0 bridgehead atoms. The van der Waals surface area contributed by atoms with Gasteiger partial charge >= 0.3 is 0 Å². The van der Waals surface area contributed by atoms with Gasteiger partial charge in [-0.25, -0.2) is 0 Å². The minimum atomic E-state index is -1.64. The van der Waals surface area contributed by atoms with Gasteiger partial charge in [0.05, 0.1) is 5.39 Å². The number of carboxylic acids is 2. The van der Waals surface area contributed by atoms with Crippen molar-refractivity contribution >= 4 is 33.9 Å². The van der Waals surface area contributed by atoms with Crippen LogP contribution in [0.4, 0.5) is 0 Å². The van der Waals surface area contributed by atoms with Gasteiger partial charge < -0.3 is 43.2 Å². The van der Waals surface area contributed by atoms with Crippen LogP contribution < -0.4 is 30.5 Å². The molecule has 34 heavy (non-hydrogen) atoms. The molecule has 2 heterocycles. The molecule has 1 unspecified atom stereocenters. The molecule has 0 aliphatic rings. The predicted molar refractivity (Wildman–Crippen MR) is 111 cm³/mol. The van der Waals surface area contributed by atoms with Crippen LogP contribution in [-0.2, 0) is 0 Å². The summed E-state index contributed by atoms with van der Waals surface area (Å²) in [7, 11) is 0. The van der Waals surface area contributed by atoms with Gasteiger partial charge in [-0.2, -0.15) is 0 Å². The van der Waals surface area contributed by atoms with Crippen molar-refractivity contribution in [2.75, 3.05) is 13.2 Å². The lowest BCUT2D eigenvalue weighted by molar-refractivity contribution is -0.258. The summed E-state index contributed by atoms with van der Waals surface area (Å²) in [6.07, 6.45) is -1.16. The van der Waals surface area contributed by atoms with E-state index in [1.165, 1.54) is 36.4 Å². The summed E-state index contributed by atoms with van der Waals surface area (Å²) >= 11 is 0. The van der Waals surface area contributed by atoms with E-state index in [1.807, 2.05) is 0 Å². The van der Waals surface area contributed by atoms with Gasteiger partial charge in [-0.3, -0.25) is 9.59 Å². The third-order valence-corrected chi connectivity index (χ3v) is 4.69. The molecule has 0 amide bonds. The van der Waals surface area contributed by atoms with Gasteiger partial charge in [-0.1, -0.05) is 6.07 Å². The fraction of sp³-hybridized carbons (Fsp3) is 0.130. The highest BCUT2D eigenvalue weighted by molar-refractivity contribution is 5.89. The molecule has 2 aromatic carbocycles. The summed E-state index contributed by atoms with van der Waals surface area (Å²) in [6.45, 7) is -0.534. The number of rotatable bonds is 8. The third-order valence-electron chi connectivity index (χ3n) is 4.69. The Kier molecular flexibility index (Phi) is 6.02. The van der Waals surface area contributed by atoms with E-state index in [-0.39, 0.29) is 46.7 Å². The summed E-state index contributed by atoms with van der Waals surface area (Å²) in [5, 5.41) is 32.1. The number of carbonyl (C=O) groups is 2. The quantitative estimate of drug-likeness (QED) is 0.352. The molecule has 11 heteroatoms. The molecule has 4 aromatic rings. The van der Waals surface area contributed by atoms with Gasteiger partial charge in [0.25, 0.3) is 0 Å². The van der Waals surface area contributed by atoms with E-state index in [9.17, 15) is 34.5 Å². The van der Waals surface area contributed by atoms with Gasteiger partial charge in [-0.05, 0) is 30.3 Å². The molecule has 0 aliphatic carbocycles. The molecule has 0 aliphatic heterocycles. The first-order valence-electron chi connectivity index (χ1n) is 9.74. The minimum Gasteiger partial charge on any atom is -0.542 e. The number of aromatic carboxylic acids is 2. The Bertz CT molecular complexity index is 1530. The van der Waals surface area contributed by atoms with E-state index < -0.39 is 40.4 Å². The fourth-order valence-electron chi connectivity index (χ4n) is 3.15. The van der Waals surface area contributed by atoms with Crippen LogP contribution in [0.3, 0.4) is 0 Å². The average molecular weight is 466 g/mol. The summed E-state index contributed by atoms with van der Waals surface area (Å²) in [4.78, 5) is 46.2. The normalized spacial score (nSPS) is 11.9. The van der Waals surface area contributed by atoms with E-state index in [2.05, 4.69) is 0 Å². The first-order valence-corrected chi connectivity index (χ1v) is 9.74. The Morgan fingerprint density at radius 3 is 2.21 bits per heavy atom. The van der Waals surface area contributed by atoms with Crippen LogP contribution in [0.2, 0.25) is 0 Å². The molecule has 1 N–H and O–H groups in total. The topological polar surface area (TPSA) is 179 Å². The molecular weight excluding hydrogens is 452 g/mol. The van der Waals surface area contributed by atoms with Gasteiger partial charge in [0.1, 0.15) is 59.3 Å². The van der Waals surface area contributed by atoms with Gasteiger partial charge in [0, 0.05) is 12.1 Å². The van der Waals surface area contributed by atoms with E-state index in [0.29, 0.717) is 0 Å². The van der Waals surface area contributed by atoms with Crippen molar-refractivity contribution in [2.45, 2.75) is 6.10 Å². The summed E-state index contributed by atoms with van der Waals surface area (Å²) in [5.41, 5.74) is -1.25. The zero-order chi connectivity index (χ0) is 24.4. The number of ether oxygens (including phenoxy) is 2. The van der Waals surface area contributed by atoms with Crippen molar-refractivity contribution in [3.63, 3.8) is 0 Å². The van der Waals surface area contributed by atoms with Crippen LogP contribution in [0, 0.1) is 0 Å². The Morgan fingerprint density at radius 1 is 0.853 bits per heavy atom. The molecule has 0 saturated heterocycles. The molecule has 0 saturated carbocycles. The number of fused-ring (bicyclic) bond motifs is 2. The first-order chi connectivity index (χ1) is 16.2. The molecule has 0 radical (unpaired) electrons. The van der Waals surface area contributed by atoms with Crippen LogP contribution >= 0.6 is 0 Å². The van der Waals surface area contributed by atoms with Gasteiger partial charge in [0.2, 0.25) is 0 Å². The van der Waals surface area contributed by atoms with E-state index >= 15 is 0 Å². The Balaban J connectivity index is 1.44. The summed E-state index contributed by atoms with van der Waals surface area (Å²) < 4.78 is 21.2. The van der Waals surface area contributed by atoms with Crippen molar-refractivity contribution in [2.24, 2.45) is 0 Å². The molecule has 4 rings (SSSR count). The average Bonchev–Trinajstić information content (AvgIpc) is 2.81. The van der Waals surface area contributed by atoms with Gasteiger partial charge in [0.15, 0.2) is 22.4 Å². The molecule has 1 atom stereocenters. The Hall–Kier alpha value is -4.64. The fourth-order valence-corrected chi connectivity index (χ4v) is 3.15. The van der Waals surface area contributed by atoms with Crippen molar-refractivity contribution in [1.82, 2.24) is 0 Å².